The topological polar surface area (TPSA) is 45.7 Å². The second-order valence-corrected chi connectivity index (χ2v) is 5.70. The minimum Gasteiger partial charge on any atom is -0.491 e. The molecule has 0 saturated carbocycles. The molecule has 1 aromatic carbocycles. The monoisotopic (exact) mass is 385 g/mol. The number of ether oxygens (including phenoxy) is 1. The second-order valence-electron chi connectivity index (χ2n) is 5.70. The largest absolute Gasteiger partial charge is 0.491 e. The van der Waals surface area contributed by atoms with E-state index in [1.54, 1.807) is 13.8 Å². The van der Waals surface area contributed by atoms with Crippen molar-refractivity contribution in [3.05, 3.63) is 29.3 Å². The number of benzene rings is 1. The zero-order chi connectivity index (χ0) is 20.0. The fraction of sp³-hybridized carbons (Fsp3) is 0.562. The Balaban J connectivity index is 2.81. The maximum atomic E-state index is 13.3. The molecule has 0 saturated heterocycles. The van der Waals surface area contributed by atoms with Gasteiger partial charge in [0.2, 0.25) is 0 Å². The number of nitrogens with one attached hydrogen (secondary N) is 2. The Morgan fingerprint density at radius 2 is 1.77 bits per heavy atom. The van der Waals surface area contributed by atoms with Gasteiger partial charge in [0.25, 0.3) is 0 Å². The molecule has 0 atom stereocenters. The van der Waals surface area contributed by atoms with Crippen molar-refractivity contribution in [2.45, 2.75) is 45.3 Å². The van der Waals surface area contributed by atoms with Crippen molar-refractivity contribution in [1.82, 2.24) is 10.6 Å². The van der Waals surface area contributed by atoms with E-state index in [1.165, 1.54) is 19.2 Å². The molecule has 2 N–H and O–H groups in total. The molecule has 0 unspecified atom stereocenters. The Morgan fingerprint density at radius 3 is 2.27 bits per heavy atom. The van der Waals surface area contributed by atoms with Crippen LogP contribution in [0.25, 0.3) is 0 Å². The van der Waals surface area contributed by atoms with Gasteiger partial charge in [0.1, 0.15) is 5.75 Å². The molecular weight excluding hydrogens is 364 g/mol. The van der Waals surface area contributed by atoms with E-state index < -0.39 is 30.9 Å². The number of hydrogen-bond donors (Lipinski definition) is 2. The minimum absolute atomic E-state index is 0.0233. The van der Waals surface area contributed by atoms with E-state index in [1.807, 2.05) is 0 Å². The lowest BCUT2D eigenvalue weighted by Gasteiger charge is -2.18. The van der Waals surface area contributed by atoms with Crippen molar-refractivity contribution < 1.29 is 31.1 Å². The van der Waals surface area contributed by atoms with Crippen LogP contribution in [0.15, 0.2) is 23.2 Å². The lowest BCUT2D eigenvalue weighted by atomic mass is 10.1. The summed E-state index contributed by atoms with van der Waals surface area (Å²) < 4.78 is 81.4. The lowest BCUT2D eigenvalue weighted by Crippen LogP contribution is -2.38. The van der Waals surface area contributed by atoms with Gasteiger partial charge in [-0.15, -0.1) is 0 Å². The van der Waals surface area contributed by atoms with Crippen molar-refractivity contribution in [2.75, 3.05) is 13.6 Å². The van der Waals surface area contributed by atoms with Gasteiger partial charge in [0, 0.05) is 20.1 Å². The number of aliphatic imine (C=N–C) groups is 1. The van der Waals surface area contributed by atoms with Gasteiger partial charge in [-0.2, -0.15) is 26.3 Å². The summed E-state index contributed by atoms with van der Waals surface area (Å²) in [6, 6.07) is 3.57. The first-order valence-corrected chi connectivity index (χ1v) is 7.80. The smallest absolute Gasteiger partial charge is 0.416 e. The summed E-state index contributed by atoms with van der Waals surface area (Å²) in [5.41, 5.74) is -0.957. The fourth-order valence-electron chi connectivity index (χ4n) is 2.04. The first-order valence-electron chi connectivity index (χ1n) is 7.80. The van der Waals surface area contributed by atoms with E-state index in [9.17, 15) is 26.3 Å². The molecule has 1 aromatic rings. The molecule has 0 aliphatic rings. The number of halogens is 6. The maximum Gasteiger partial charge on any atom is 0.416 e. The third-order valence-electron chi connectivity index (χ3n) is 3.13. The standard InChI is InChI=1S/C16H21F6N3O/c1-10(2)26-12-5-4-11(13(8-12)16(20,21)22)9-25-14(23-3)24-7-6-15(17,18)19/h4-5,8,10H,6-7,9H2,1-3H3,(H2,23,24,25). The zero-order valence-corrected chi connectivity index (χ0v) is 14.6. The van der Waals surface area contributed by atoms with Gasteiger partial charge >= 0.3 is 12.4 Å². The van der Waals surface area contributed by atoms with Gasteiger partial charge in [-0.3, -0.25) is 4.99 Å². The van der Waals surface area contributed by atoms with Crippen molar-refractivity contribution in [2.24, 2.45) is 4.99 Å². The van der Waals surface area contributed by atoms with E-state index in [0.717, 1.165) is 6.07 Å². The molecule has 0 radical (unpaired) electrons. The Morgan fingerprint density at radius 1 is 1.12 bits per heavy atom. The number of alkyl halides is 6. The van der Waals surface area contributed by atoms with Crippen LogP contribution >= 0.6 is 0 Å². The maximum absolute atomic E-state index is 13.3. The van der Waals surface area contributed by atoms with E-state index in [2.05, 4.69) is 15.6 Å². The third kappa shape index (κ3) is 7.83. The Bertz CT molecular complexity index is 611. The van der Waals surface area contributed by atoms with Crippen molar-refractivity contribution in [1.29, 1.82) is 0 Å². The van der Waals surface area contributed by atoms with Crippen LogP contribution in [0, 0.1) is 0 Å². The Kier molecular flexibility index (Phi) is 7.58. The molecular formula is C16H21F6N3O. The SMILES string of the molecule is CN=C(NCCC(F)(F)F)NCc1ccc(OC(C)C)cc1C(F)(F)F. The molecule has 0 heterocycles. The van der Waals surface area contributed by atoms with Gasteiger partial charge < -0.3 is 15.4 Å². The quantitative estimate of drug-likeness (QED) is 0.440. The number of guanidine groups is 1. The molecule has 0 aliphatic carbocycles. The summed E-state index contributed by atoms with van der Waals surface area (Å²) in [4.78, 5) is 3.69. The molecule has 0 fully saturated rings. The van der Waals surface area contributed by atoms with Gasteiger partial charge in [-0.25, -0.2) is 0 Å². The van der Waals surface area contributed by atoms with Crippen molar-refractivity contribution in [3.63, 3.8) is 0 Å². The van der Waals surface area contributed by atoms with E-state index in [-0.39, 0.29) is 29.9 Å². The summed E-state index contributed by atoms with van der Waals surface area (Å²) >= 11 is 0. The molecule has 0 aliphatic heterocycles. The fourth-order valence-corrected chi connectivity index (χ4v) is 2.04. The van der Waals surface area contributed by atoms with E-state index in [4.69, 9.17) is 4.74 Å². The summed E-state index contributed by atoms with van der Waals surface area (Å²) in [5, 5.41) is 4.98. The first-order chi connectivity index (χ1) is 11.9. The first kappa shape index (κ1) is 21.9. The van der Waals surface area contributed by atoms with Gasteiger partial charge in [0.05, 0.1) is 18.1 Å². The van der Waals surface area contributed by atoms with Crippen LogP contribution in [0.5, 0.6) is 5.75 Å². The van der Waals surface area contributed by atoms with Crippen LogP contribution in [0.4, 0.5) is 26.3 Å². The molecule has 148 valence electrons. The normalized spacial score (nSPS) is 13.1. The highest BCUT2D eigenvalue weighted by molar-refractivity contribution is 5.79. The van der Waals surface area contributed by atoms with Gasteiger partial charge in [-0.1, -0.05) is 6.07 Å². The lowest BCUT2D eigenvalue weighted by molar-refractivity contribution is -0.138. The van der Waals surface area contributed by atoms with Crippen LogP contribution in [0.1, 0.15) is 31.4 Å². The molecule has 0 bridgehead atoms. The van der Waals surface area contributed by atoms with E-state index in [0.29, 0.717) is 0 Å². The Hall–Kier alpha value is -2.13. The molecule has 26 heavy (non-hydrogen) atoms. The average Bonchev–Trinajstić information content (AvgIpc) is 2.48. The third-order valence-corrected chi connectivity index (χ3v) is 3.13. The number of hydrogen-bond acceptors (Lipinski definition) is 2. The molecule has 10 heteroatoms. The number of nitrogens with zero attached hydrogens (tertiary/aromatic N) is 1. The zero-order valence-electron chi connectivity index (χ0n) is 14.6. The predicted octanol–water partition coefficient (Wildman–Crippen LogP) is 4.11. The summed E-state index contributed by atoms with van der Waals surface area (Å²) in [7, 11) is 1.31. The van der Waals surface area contributed by atoms with Gasteiger partial charge in [0.15, 0.2) is 5.96 Å². The summed E-state index contributed by atoms with van der Waals surface area (Å²) in [5.74, 6) is 0.0636. The summed E-state index contributed by atoms with van der Waals surface area (Å²) in [6.07, 6.45) is -10.3. The highest BCUT2D eigenvalue weighted by atomic mass is 19.4. The average molecular weight is 385 g/mol. The highest BCUT2D eigenvalue weighted by Gasteiger charge is 2.34. The van der Waals surface area contributed by atoms with Crippen LogP contribution in [0.2, 0.25) is 0 Å². The molecule has 0 aromatic heterocycles. The van der Waals surface area contributed by atoms with Crippen LogP contribution in [0.3, 0.4) is 0 Å². The van der Waals surface area contributed by atoms with E-state index >= 15 is 0 Å². The van der Waals surface area contributed by atoms with Crippen LogP contribution in [-0.4, -0.2) is 31.8 Å². The molecule has 4 nitrogen and oxygen atoms in total. The molecule has 1 rings (SSSR count). The second kappa shape index (κ2) is 9.00. The van der Waals surface area contributed by atoms with Crippen molar-refractivity contribution >= 4 is 5.96 Å². The number of rotatable bonds is 6. The van der Waals surface area contributed by atoms with Crippen LogP contribution < -0.4 is 15.4 Å². The molecule has 0 amide bonds. The minimum atomic E-state index is -4.60. The summed E-state index contributed by atoms with van der Waals surface area (Å²) in [6.45, 7) is 2.69. The predicted molar refractivity (Wildman–Crippen MR) is 86.1 cm³/mol. The molecule has 0 spiro atoms. The highest BCUT2D eigenvalue weighted by Crippen LogP contribution is 2.34. The Labute approximate surface area is 147 Å². The van der Waals surface area contributed by atoms with Gasteiger partial charge in [-0.05, 0) is 31.5 Å². The van der Waals surface area contributed by atoms with Crippen LogP contribution in [-0.2, 0) is 12.7 Å². The van der Waals surface area contributed by atoms with Crippen molar-refractivity contribution in [3.8, 4) is 5.75 Å².